The summed E-state index contributed by atoms with van der Waals surface area (Å²) in [5, 5.41) is 14.5. The summed E-state index contributed by atoms with van der Waals surface area (Å²) in [4.78, 5) is 25.2. The number of benzene rings is 2. The molecule has 150 valence electrons. The molecule has 0 saturated carbocycles. The van der Waals surface area contributed by atoms with E-state index < -0.39 is 4.92 Å². The maximum Gasteiger partial charge on any atom is 0.313 e. The molecule has 1 heterocycles. The smallest absolute Gasteiger partial charge is 0.313 e. The number of nitrogens with one attached hydrogen (secondary N) is 1. The minimum Gasteiger partial charge on any atom is -0.450 e. The minimum absolute atomic E-state index is 0. The number of hydrogen-bond acceptors (Lipinski definition) is 5. The number of rotatable bonds is 6. The van der Waals surface area contributed by atoms with E-state index >= 15 is 0 Å². The number of hydrogen-bond donors (Lipinski definition) is 1. The molecule has 1 N–H and O–H groups in total. The molecule has 3 rings (SSSR count). The van der Waals surface area contributed by atoms with E-state index in [-0.39, 0.29) is 40.8 Å². The molecule has 1 saturated heterocycles. The summed E-state index contributed by atoms with van der Waals surface area (Å²) in [6, 6.07) is 11.0. The number of likely N-dealkylation sites (N-methyl/N-ethyl adjacent to an activating group) is 1. The van der Waals surface area contributed by atoms with Gasteiger partial charge in [0.2, 0.25) is 5.75 Å². The van der Waals surface area contributed by atoms with Crippen LogP contribution < -0.4 is 10.1 Å². The van der Waals surface area contributed by atoms with Gasteiger partial charge in [-0.25, -0.2) is 0 Å². The van der Waals surface area contributed by atoms with Crippen molar-refractivity contribution in [2.45, 2.75) is 18.9 Å². The molecule has 9 heteroatoms. The Morgan fingerprint density at radius 1 is 1.32 bits per heavy atom. The van der Waals surface area contributed by atoms with E-state index in [0.717, 1.165) is 25.9 Å². The summed E-state index contributed by atoms with van der Waals surface area (Å²) in [7, 11) is 1.88. The third-order valence-electron chi connectivity index (χ3n) is 4.52. The molecule has 0 aliphatic carbocycles. The first-order chi connectivity index (χ1) is 13.0. The Bertz CT molecular complexity index is 846. The molecule has 0 spiro atoms. The number of ether oxygens (including phenoxy) is 1. The van der Waals surface area contributed by atoms with Gasteiger partial charge in [0.05, 0.1) is 4.92 Å². The summed E-state index contributed by atoms with van der Waals surface area (Å²) in [6.45, 7) is 1.52. The molecule has 0 bridgehead atoms. The van der Waals surface area contributed by atoms with Crippen LogP contribution in [0.5, 0.6) is 11.5 Å². The lowest BCUT2D eigenvalue weighted by Gasteiger charge is -2.24. The monoisotopic (exact) mass is 425 g/mol. The van der Waals surface area contributed by atoms with E-state index in [2.05, 4.69) is 5.32 Å². The number of carbonyl (C=O) groups is 1. The van der Waals surface area contributed by atoms with Gasteiger partial charge in [0.1, 0.15) is 5.75 Å². The van der Waals surface area contributed by atoms with Crippen molar-refractivity contribution in [3.63, 3.8) is 0 Å². The third kappa shape index (κ3) is 4.92. The highest BCUT2D eigenvalue weighted by molar-refractivity contribution is 6.30. The van der Waals surface area contributed by atoms with Crippen LogP contribution in [0.2, 0.25) is 5.02 Å². The van der Waals surface area contributed by atoms with Gasteiger partial charge in [0, 0.05) is 35.8 Å². The van der Waals surface area contributed by atoms with Crippen molar-refractivity contribution in [3.05, 3.63) is 63.2 Å². The Labute approximate surface area is 174 Å². The van der Waals surface area contributed by atoms with E-state index in [0.29, 0.717) is 11.3 Å². The van der Waals surface area contributed by atoms with Gasteiger partial charge in [-0.15, -0.1) is 12.4 Å². The second kappa shape index (κ2) is 9.73. The molecule has 1 fully saturated rings. The van der Waals surface area contributed by atoms with Crippen molar-refractivity contribution in [2.24, 2.45) is 0 Å². The predicted octanol–water partition coefficient (Wildman–Crippen LogP) is 4.29. The van der Waals surface area contributed by atoms with Crippen LogP contribution in [-0.4, -0.2) is 41.9 Å². The van der Waals surface area contributed by atoms with Crippen LogP contribution in [0.3, 0.4) is 0 Å². The molecule has 1 aliphatic rings. The van der Waals surface area contributed by atoms with Crippen molar-refractivity contribution in [1.82, 2.24) is 10.2 Å². The lowest BCUT2D eigenvalue weighted by molar-refractivity contribution is -0.385. The van der Waals surface area contributed by atoms with E-state index in [9.17, 15) is 14.9 Å². The van der Waals surface area contributed by atoms with Gasteiger partial charge in [0.25, 0.3) is 5.91 Å². The van der Waals surface area contributed by atoms with Crippen LogP contribution in [-0.2, 0) is 0 Å². The van der Waals surface area contributed by atoms with Crippen LogP contribution in [0.1, 0.15) is 23.2 Å². The quantitative estimate of drug-likeness (QED) is 0.551. The summed E-state index contributed by atoms with van der Waals surface area (Å²) < 4.78 is 5.61. The van der Waals surface area contributed by atoms with Gasteiger partial charge in [-0.3, -0.25) is 14.9 Å². The normalized spacial score (nSPS) is 15.8. The third-order valence-corrected chi connectivity index (χ3v) is 4.76. The van der Waals surface area contributed by atoms with E-state index in [1.54, 1.807) is 24.3 Å². The first-order valence-electron chi connectivity index (χ1n) is 8.67. The summed E-state index contributed by atoms with van der Waals surface area (Å²) in [6.07, 6.45) is 1.99. The molecular formula is C19H21Cl2N3O4. The number of nitro benzene ring substituents is 1. The van der Waals surface area contributed by atoms with Gasteiger partial charge in [-0.1, -0.05) is 11.6 Å². The molecule has 2 aromatic rings. The van der Waals surface area contributed by atoms with Gasteiger partial charge < -0.3 is 15.0 Å². The minimum atomic E-state index is -0.547. The van der Waals surface area contributed by atoms with Crippen LogP contribution in [0.4, 0.5) is 5.69 Å². The maximum atomic E-state index is 12.7. The summed E-state index contributed by atoms with van der Waals surface area (Å²) in [5.41, 5.74) is 0.352. The Kier molecular flexibility index (Phi) is 7.62. The molecule has 1 unspecified atom stereocenters. The number of nitro groups is 1. The number of amides is 1. The lowest BCUT2D eigenvalue weighted by Crippen LogP contribution is -2.40. The highest BCUT2D eigenvalue weighted by Crippen LogP contribution is 2.33. The SMILES string of the molecule is CNCC1CCCN1C(=O)c1ccc(Oc2ccc(Cl)cc2[N+](=O)[O-])cc1.Cl. The Morgan fingerprint density at radius 3 is 2.68 bits per heavy atom. The zero-order valence-electron chi connectivity index (χ0n) is 15.3. The second-order valence-electron chi connectivity index (χ2n) is 6.35. The van der Waals surface area contributed by atoms with E-state index in [1.165, 1.54) is 18.2 Å². The molecular weight excluding hydrogens is 405 g/mol. The number of halogens is 2. The lowest BCUT2D eigenvalue weighted by atomic mass is 10.1. The molecule has 2 aromatic carbocycles. The van der Waals surface area contributed by atoms with Gasteiger partial charge in [-0.05, 0) is 56.3 Å². The van der Waals surface area contributed by atoms with Gasteiger partial charge >= 0.3 is 5.69 Å². The van der Waals surface area contributed by atoms with Crippen LogP contribution in [0.15, 0.2) is 42.5 Å². The Hall–Kier alpha value is -2.35. The molecule has 1 amide bonds. The molecule has 0 radical (unpaired) electrons. The van der Waals surface area contributed by atoms with E-state index in [1.807, 2.05) is 11.9 Å². The van der Waals surface area contributed by atoms with Crippen molar-refractivity contribution in [3.8, 4) is 11.5 Å². The van der Waals surface area contributed by atoms with Crippen LogP contribution >= 0.6 is 24.0 Å². The highest BCUT2D eigenvalue weighted by Gasteiger charge is 2.28. The molecule has 28 heavy (non-hydrogen) atoms. The average molecular weight is 426 g/mol. The average Bonchev–Trinajstić information content (AvgIpc) is 3.11. The summed E-state index contributed by atoms with van der Waals surface area (Å²) >= 11 is 5.81. The largest absolute Gasteiger partial charge is 0.450 e. The molecule has 7 nitrogen and oxygen atoms in total. The van der Waals surface area contributed by atoms with Crippen LogP contribution in [0, 0.1) is 10.1 Å². The Morgan fingerprint density at radius 2 is 2.04 bits per heavy atom. The fraction of sp³-hybridized carbons (Fsp3) is 0.316. The molecule has 0 aromatic heterocycles. The van der Waals surface area contributed by atoms with Crippen molar-refractivity contribution >= 4 is 35.6 Å². The first kappa shape index (κ1) is 21.9. The first-order valence-corrected chi connectivity index (χ1v) is 9.05. The fourth-order valence-corrected chi connectivity index (χ4v) is 3.40. The van der Waals surface area contributed by atoms with Crippen molar-refractivity contribution in [1.29, 1.82) is 0 Å². The summed E-state index contributed by atoms with van der Waals surface area (Å²) in [5.74, 6) is 0.485. The van der Waals surface area contributed by atoms with Crippen LogP contribution in [0.25, 0.3) is 0 Å². The standard InChI is InChI=1S/C19H20ClN3O4.ClH/c1-21-12-15-3-2-10-22(15)19(24)13-4-7-16(8-5-13)27-18-9-6-14(20)11-17(18)23(25)26;/h4-9,11,15,21H,2-3,10,12H2,1H3;1H. The molecule has 1 atom stereocenters. The molecule has 1 aliphatic heterocycles. The van der Waals surface area contributed by atoms with E-state index in [4.69, 9.17) is 16.3 Å². The highest BCUT2D eigenvalue weighted by atomic mass is 35.5. The second-order valence-corrected chi connectivity index (χ2v) is 6.78. The fourth-order valence-electron chi connectivity index (χ4n) is 3.23. The number of likely N-dealkylation sites (tertiary alicyclic amines) is 1. The topological polar surface area (TPSA) is 84.7 Å². The Balaban J connectivity index is 0.00000280. The van der Waals surface area contributed by atoms with Crippen molar-refractivity contribution in [2.75, 3.05) is 20.1 Å². The predicted molar refractivity (Wildman–Crippen MR) is 110 cm³/mol. The van der Waals surface area contributed by atoms with Gasteiger partial charge in [-0.2, -0.15) is 0 Å². The maximum absolute atomic E-state index is 12.7. The van der Waals surface area contributed by atoms with Crippen molar-refractivity contribution < 1.29 is 14.5 Å². The number of nitrogens with zero attached hydrogens (tertiary/aromatic N) is 2. The van der Waals surface area contributed by atoms with Gasteiger partial charge in [0.15, 0.2) is 0 Å². The zero-order valence-corrected chi connectivity index (χ0v) is 16.8. The zero-order chi connectivity index (χ0) is 19.4. The number of carbonyl (C=O) groups excluding carboxylic acids is 1.